The summed E-state index contributed by atoms with van der Waals surface area (Å²) in [6.45, 7) is 1.50. The van der Waals surface area contributed by atoms with Crippen molar-refractivity contribution in [3.8, 4) is 11.1 Å². The minimum absolute atomic E-state index is 0.235. The summed E-state index contributed by atoms with van der Waals surface area (Å²) < 4.78 is 0. The van der Waals surface area contributed by atoms with E-state index in [0.717, 1.165) is 11.9 Å². The van der Waals surface area contributed by atoms with E-state index >= 15 is 0 Å². The standard InChI is InChI=1S/C20H18ClN5O/c1-26-8-6-13(7-9-26)11-22-20-23-12-14-10-16(19(27)24-18(14)25-20)15-4-2-3-5-17(15)21/h2-8,10,12H,9,11H2,1H3,(H2,22,23,24,25,27). The number of halogens is 1. The molecule has 136 valence electrons. The Morgan fingerprint density at radius 3 is 2.93 bits per heavy atom. The summed E-state index contributed by atoms with van der Waals surface area (Å²) in [6, 6.07) is 9.02. The van der Waals surface area contributed by atoms with Crippen LogP contribution in [0.5, 0.6) is 0 Å². The zero-order valence-electron chi connectivity index (χ0n) is 14.7. The summed E-state index contributed by atoms with van der Waals surface area (Å²) in [5.74, 6) is 0.469. The van der Waals surface area contributed by atoms with Gasteiger partial charge in [0.15, 0.2) is 0 Å². The first-order chi connectivity index (χ1) is 13.1. The van der Waals surface area contributed by atoms with Crippen LogP contribution >= 0.6 is 11.6 Å². The molecule has 0 atom stereocenters. The first-order valence-electron chi connectivity index (χ1n) is 8.56. The number of anilines is 1. The quantitative estimate of drug-likeness (QED) is 0.726. The molecule has 2 N–H and O–H groups in total. The molecule has 3 aromatic rings. The van der Waals surface area contributed by atoms with Gasteiger partial charge in [-0.15, -0.1) is 0 Å². The van der Waals surface area contributed by atoms with E-state index in [0.29, 0.717) is 34.3 Å². The first kappa shape index (κ1) is 17.3. The van der Waals surface area contributed by atoms with Crippen LogP contribution in [0.1, 0.15) is 0 Å². The summed E-state index contributed by atoms with van der Waals surface area (Å²) in [4.78, 5) is 26.2. The number of rotatable bonds is 4. The number of aromatic amines is 1. The summed E-state index contributed by atoms with van der Waals surface area (Å²) in [6.07, 6.45) is 7.92. The van der Waals surface area contributed by atoms with Gasteiger partial charge < -0.3 is 15.2 Å². The van der Waals surface area contributed by atoms with Crippen molar-refractivity contribution in [1.82, 2.24) is 19.9 Å². The zero-order valence-corrected chi connectivity index (χ0v) is 15.5. The van der Waals surface area contributed by atoms with Gasteiger partial charge in [-0.1, -0.05) is 35.9 Å². The van der Waals surface area contributed by atoms with Gasteiger partial charge in [-0.05, 0) is 30.0 Å². The molecule has 0 fully saturated rings. The molecule has 0 spiro atoms. The SMILES string of the molecule is CN1C=CC(CNc2ncc3cc(-c4ccccc4Cl)c(=O)[nH]c3n2)=CC1. The summed E-state index contributed by atoms with van der Waals surface area (Å²) in [5, 5.41) is 4.47. The molecule has 4 rings (SSSR count). The first-order valence-corrected chi connectivity index (χ1v) is 8.94. The van der Waals surface area contributed by atoms with Gasteiger partial charge in [0.25, 0.3) is 5.56 Å². The van der Waals surface area contributed by atoms with E-state index in [2.05, 4.69) is 37.3 Å². The van der Waals surface area contributed by atoms with Crippen molar-refractivity contribution in [2.24, 2.45) is 0 Å². The third kappa shape index (κ3) is 3.71. The van der Waals surface area contributed by atoms with Crippen LogP contribution < -0.4 is 10.9 Å². The Labute approximate surface area is 161 Å². The molecule has 2 aromatic heterocycles. The van der Waals surface area contributed by atoms with Crippen molar-refractivity contribution in [2.45, 2.75) is 0 Å². The number of hydrogen-bond donors (Lipinski definition) is 2. The van der Waals surface area contributed by atoms with E-state index in [4.69, 9.17) is 11.6 Å². The van der Waals surface area contributed by atoms with E-state index in [1.165, 1.54) is 5.57 Å². The lowest BCUT2D eigenvalue weighted by Gasteiger charge is -2.17. The van der Waals surface area contributed by atoms with Crippen molar-refractivity contribution in [3.05, 3.63) is 75.8 Å². The van der Waals surface area contributed by atoms with Crippen LogP contribution in [0.3, 0.4) is 0 Å². The molecule has 0 radical (unpaired) electrons. The van der Waals surface area contributed by atoms with E-state index < -0.39 is 0 Å². The van der Waals surface area contributed by atoms with Gasteiger partial charge in [0.1, 0.15) is 5.65 Å². The van der Waals surface area contributed by atoms with Crippen LogP contribution in [-0.4, -0.2) is 40.0 Å². The van der Waals surface area contributed by atoms with E-state index in [9.17, 15) is 4.79 Å². The van der Waals surface area contributed by atoms with Gasteiger partial charge in [-0.2, -0.15) is 4.98 Å². The highest BCUT2D eigenvalue weighted by Gasteiger charge is 2.10. The molecule has 1 aromatic carbocycles. The van der Waals surface area contributed by atoms with Crippen molar-refractivity contribution >= 4 is 28.6 Å². The molecule has 0 aliphatic carbocycles. The summed E-state index contributed by atoms with van der Waals surface area (Å²) >= 11 is 6.22. The highest BCUT2D eigenvalue weighted by Crippen LogP contribution is 2.26. The minimum atomic E-state index is -0.235. The third-order valence-electron chi connectivity index (χ3n) is 4.39. The van der Waals surface area contributed by atoms with Crippen molar-refractivity contribution < 1.29 is 0 Å². The van der Waals surface area contributed by atoms with Gasteiger partial charge in [-0.3, -0.25) is 4.79 Å². The second-order valence-electron chi connectivity index (χ2n) is 6.38. The van der Waals surface area contributed by atoms with Gasteiger partial charge in [0.2, 0.25) is 5.95 Å². The fourth-order valence-electron chi connectivity index (χ4n) is 2.88. The van der Waals surface area contributed by atoms with E-state index in [1.54, 1.807) is 18.3 Å². The second kappa shape index (κ2) is 7.25. The maximum Gasteiger partial charge on any atom is 0.257 e. The molecule has 0 saturated carbocycles. The maximum atomic E-state index is 12.5. The average molecular weight is 380 g/mol. The van der Waals surface area contributed by atoms with Crippen LogP contribution in [0, 0.1) is 0 Å². The number of aromatic nitrogens is 3. The van der Waals surface area contributed by atoms with Gasteiger partial charge in [0.05, 0.1) is 0 Å². The fourth-order valence-corrected chi connectivity index (χ4v) is 3.12. The lowest BCUT2D eigenvalue weighted by molar-refractivity contribution is 0.502. The Morgan fingerprint density at radius 1 is 1.30 bits per heavy atom. The van der Waals surface area contributed by atoms with E-state index in [1.807, 2.05) is 31.4 Å². The average Bonchev–Trinajstić information content (AvgIpc) is 2.67. The number of pyridine rings is 1. The monoisotopic (exact) mass is 379 g/mol. The molecular formula is C20H18ClN5O. The molecule has 7 heteroatoms. The lowest BCUT2D eigenvalue weighted by Crippen LogP contribution is -2.17. The highest BCUT2D eigenvalue weighted by molar-refractivity contribution is 6.33. The van der Waals surface area contributed by atoms with Crippen molar-refractivity contribution in [2.75, 3.05) is 25.5 Å². The molecule has 0 bridgehead atoms. The molecule has 6 nitrogen and oxygen atoms in total. The number of benzene rings is 1. The number of hydrogen-bond acceptors (Lipinski definition) is 5. The lowest BCUT2D eigenvalue weighted by atomic mass is 10.1. The number of nitrogens with zero attached hydrogens (tertiary/aromatic N) is 3. The van der Waals surface area contributed by atoms with Crippen molar-refractivity contribution in [1.29, 1.82) is 0 Å². The van der Waals surface area contributed by atoms with Gasteiger partial charge >= 0.3 is 0 Å². The molecule has 1 aliphatic rings. The van der Waals surface area contributed by atoms with Gasteiger partial charge in [-0.25, -0.2) is 4.98 Å². The smallest absolute Gasteiger partial charge is 0.257 e. The normalized spacial score (nSPS) is 13.7. The molecule has 3 heterocycles. The summed E-state index contributed by atoms with van der Waals surface area (Å²) in [7, 11) is 2.02. The molecule has 27 heavy (non-hydrogen) atoms. The fraction of sp³-hybridized carbons (Fsp3) is 0.150. The van der Waals surface area contributed by atoms with Gasteiger partial charge in [0, 0.05) is 47.9 Å². The zero-order chi connectivity index (χ0) is 18.8. The van der Waals surface area contributed by atoms with Crippen LogP contribution in [-0.2, 0) is 0 Å². The molecule has 1 aliphatic heterocycles. The number of nitrogens with one attached hydrogen (secondary N) is 2. The molecule has 0 unspecified atom stereocenters. The Balaban J connectivity index is 1.60. The Bertz CT molecular complexity index is 1120. The van der Waals surface area contributed by atoms with Crippen LogP contribution in [0.4, 0.5) is 5.95 Å². The predicted molar refractivity (Wildman–Crippen MR) is 109 cm³/mol. The van der Waals surface area contributed by atoms with Crippen LogP contribution in [0.25, 0.3) is 22.2 Å². The number of H-pyrrole nitrogens is 1. The number of fused-ring (bicyclic) bond motifs is 1. The Hall–Kier alpha value is -3.12. The predicted octanol–water partition coefficient (Wildman–Crippen LogP) is 3.44. The summed E-state index contributed by atoms with van der Waals surface area (Å²) in [5.41, 5.74) is 2.60. The maximum absolute atomic E-state index is 12.5. The highest BCUT2D eigenvalue weighted by atomic mass is 35.5. The third-order valence-corrected chi connectivity index (χ3v) is 4.72. The minimum Gasteiger partial charge on any atom is -0.377 e. The van der Waals surface area contributed by atoms with Crippen LogP contribution in [0.2, 0.25) is 5.02 Å². The second-order valence-corrected chi connectivity index (χ2v) is 6.78. The topological polar surface area (TPSA) is 73.9 Å². The van der Waals surface area contributed by atoms with E-state index in [-0.39, 0.29) is 5.56 Å². The molecular weight excluding hydrogens is 362 g/mol. The molecule has 0 amide bonds. The largest absolute Gasteiger partial charge is 0.377 e. The Kier molecular flexibility index (Phi) is 4.64. The Morgan fingerprint density at radius 2 is 2.15 bits per heavy atom. The van der Waals surface area contributed by atoms with Crippen LogP contribution in [0.15, 0.2) is 65.2 Å². The number of likely N-dealkylation sites (N-methyl/N-ethyl adjacent to an activating group) is 1. The van der Waals surface area contributed by atoms with Crippen molar-refractivity contribution in [3.63, 3.8) is 0 Å². The molecule has 0 saturated heterocycles.